The first-order valence-electron chi connectivity index (χ1n) is 10.7. The number of nitrogens with one attached hydrogen (secondary N) is 2. The van der Waals surface area contributed by atoms with Gasteiger partial charge in [0.25, 0.3) is 0 Å². The highest BCUT2D eigenvalue weighted by Gasteiger charge is 2.22. The molecule has 7 heteroatoms. The molecule has 0 unspecified atom stereocenters. The maximum Gasteiger partial charge on any atom is 0.229 e. The van der Waals surface area contributed by atoms with Crippen LogP contribution in [0.25, 0.3) is 0 Å². The van der Waals surface area contributed by atoms with Gasteiger partial charge in [0.2, 0.25) is 11.9 Å². The molecule has 0 aliphatic carbocycles. The van der Waals surface area contributed by atoms with Crippen molar-refractivity contribution in [1.82, 2.24) is 15.3 Å². The molecule has 1 fully saturated rings. The molecule has 2 aromatic rings. The van der Waals surface area contributed by atoms with E-state index in [2.05, 4.69) is 34.6 Å². The van der Waals surface area contributed by atoms with Gasteiger partial charge in [0.05, 0.1) is 11.6 Å². The average molecular weight is 407 g/mol. The highest BCUT2D eigenvalue weighted by atomic mass is 16.1. The number of hydrogen-bond acceptors (Lipinski definition) is 6. The summed E-state index contributed by atoms with van der Waals surface area (Å²) >= 11 is 0. The normalized spacial score (nSPS) is 16.1. The Bertz CT molecular complexity index is 936. The molecule has 0 saturated carbocycles. The molecule has 1 aromatic carbocycles. The summed E-state index contributed by atoms with van der Waals surface area (Å²) in [6.07, 6.45) is 5.04. The smallest absolute Gasteiger partial charge is 0.229 e. The quantitative estimate of drug-likeness (QED) is 0.725. The summed E-state index contributed by atoms with van der Waals surface area (Å²) in [5.74, 6) is 1.41. The van der Waals surface area contributed by atoms with Crippen molar-refractivity contribution in [2.24, 2.45) is 0 Å². The predicted octanol–water partition coefficient (Wildman–Crippen LogP) is 3.85. The molecule has 1 atom stereocenters. The molecule has 3 rings (SSSR count). The zero-order valence-corrected chi connectivity index (χ0v) is 18.0. The topological polar surface area (TPSA) is 93.9 Å². The monoisotopic (exact) mass is 406 g/mol. The summed E-state index contributed by atoms with van der Waals surface area (Å²) in [5, 5.41) is 15.6. The van der Waals surface area contributed by atoms with Gasteiger partial charge >= 0.3 is 0 Å². The lowest BCUT2D eigenvalue weighted by atomic mass is 10.1. The van der Waals surface area contributed by atoms with Crippen LogP contribution in [0.5, 0.6) is 0 Å². The number of anilines is 3. The van der Waals surface area contributed by atoms with Crippen molar-refractivity contribution >= 4 is 23.4 Å². The lowest BCUT2D eigenvalue weighted by Gasteiger charge is -2.34. The summed E-state index contributed by atoms with van der Waals surface area (Å²) in [4.78, 5) is 23.2. The molecule has 0 spiro atoms. The average Bonchev–Trinajstić information content (AvgIpc) is 2.73. The molecule has 0 bridgehead atoms. The molecule has 0 radical (unpaired) electrons. The number of unbranched alkanes of at least 4 members (excludes halogenated alkanes) is 1. The summed E-state index contributed by atoms with van der Waals surface area (Å²) in [7, 11) is 0. The molecule has 158 valence electrons. The van der Waals surface area contributed by atoms with E-state index in [4.69, 9.17) is 9.97 Å². The van der Waals surface area contributed by atoms with Gasteiger partial charge in [-0.1, -0.05) is 19.4 Å². The number of nitrogens with zero attached hydrogens (tertiary/aromatic N) is 4. The van der Waals surface area contributed by atoms with Gasteiger partial charge < -0.3 is 15.5 Å². The Kier molecular flexibility index (Phi) is 7.23. The predicted molar refractivity (Wildman–Crippen MR) is 119 cm³/mol. The van der Waals surface area contributed by atoms with Crippen LogP contribution in [0.1, 0.15) is 56.4 Å². The van der Waals surface area contributed by atoms with Crippen LogP contribution < -0.4 is 15.5 Å². The number of benzene rings is 1. The van der Waals surface area contributed by atoms with Crippen LogP contribution in [0.4, 0.5) is 17.5 Å². The van der Waals surface area contributed by atoms with Gasteiger partial charge in [-0.3, -0.25) is 4.79 Å². The Morgan fingerprint density at radius 1 is 1.33 bits per heavy atom. The molecule has 2 N–H and O–H groups in total. The molecular weight excluding hydrogens is 376 g/mol. The molecule has 1 aliphatic heterocycles. The van der Waals surface area contributed by atoms with Crippen LogP contribution in [0.2, 0.25) is 0 Å². The Balaban J connectivity index is 1.86. The van der Waals surface area contributed by atoms with Gasteiger partial charge in [0.15, 0.2) is 0 Å². The van der Waals surface area contributed by atoms with E-state index in [-0.39, 0.29) is 11.9 Å². The first-order valence-corrected chi connectivity index (χ1v) is 10.7. The fourth-order valence-electron chi connectivity index (χ4n) is 3.73. The van der Waals surface area contributed by atoms with E-state index in [9.17, 15) is 10.1 Å². The maximum atomic E-state index is 11.5. The van der Waals surface area contributed by atoms with Crippen molar-refractivity contribution in [3.8, 4) is 6.07 Å². The van der Waals surface area contributed by atoms with Gasteiger partial charge in [-0.25, -0.2) is 4.98 Å². The second kappa shape index (κ2) is 10.1. The van der Waals surface area contributed by atoms with Crippen molar-refractivity contribution in [2.75, 3.05) is 23.3 Å². The Hall–Kier alpha value is -3.14. The van der Waals surface area contributed by atoms with E-state index in [0.29, 0.717) is 11.5 Å². The highest BCUT2D eigenvalue weighted by Crippen LogP contribution is 2.24. The zero-order chi connectivity index (χ0) is 21.5. The third kappa shape index (κ3) is 5.69. The van der Waals surface area contributed by atoms with Gasteiger partial charge in [0.1, 0.15) is 5.82 Å². The van der Waals surface area contributed by atoms with Crippen molar-refractivity contribution in [2.45, 2.75) is 58.9 Å². The fraction of sp³-hybridized carbons (Fsp3) is 0.478. The van der Waals surface area contributed by atoms with Gasteiger partial charge in [-0.15, -0.1) is 0 Å². The van der Waals surface area contributed by atoms with Crippen molar-refractivity contribution < 1.29 is 4.79 Å². The number of piperidine rings is 1. The van der Waals surface area contributed by atoms with Crippen molar-refractivity contribution in [3.05, 3.63) is 41.1 Å². The van der Waals surface area contributed by atoms with Crippen LogP contribution in [0.3, 0.4) is 0 Å². The first kappa shape index (κ1) is 21.6. The molecule has 1 amide bonds. The van der Waals surface area contributed by atoms with Gasteiger partial charge in [-0.05, 0) is 50.3 Å². The van der Waals surface area contributed by atoms with Crippen molar-refractivity contribution in [3.63, 3.8) is 0 Å². The summed E-state index contributed by atoms with van der Waals surface area (Å²) in [5.41, 5.74) is 3.37. The maximum absolute atomic E-state index is 11.5. The second-order valence-electron chi connectivity index (χ2n) is 7.90. The minimum absolute atomic E-state index is 0.00296. The lowest BCUT2D eigenvalue weighted by Crippen LogP contribution is -2.47. The number of carbonyl (C=O) groups excluding carboxylic acids is 1. The molecule has 7 nitrogen and oxygen atoms in total. The first-order chi connectivity index (χ1) is 14.5. The molecular formula is C23H30N6O. The lowest BCUT2D eigenvalue weighted by molar-refractivity contribution is -0.119. The third-order valence-electron chi connectivity index (χ3n) is 5.32. The van der Waals surface area contributed by atoms with Crippen LogP contribution in [-0.2, 0) is 11.2 Å². The molecule has 2 heterocycles. The van der Waals surface area contributed by atoms with Crippen molar-refractivity contribution in [1.29, 1.82) is 5.26 Å². The van der Waals surface area contributed by atoms with Crippen LogP contribution in [0.15, 0.2) is 24.3 Å². The van der Waals surface area contributed by atoms with E-state index in [1.54, 1.807) is 6.92 Å². The SMILES string of the molecule is CCCCc1cc(N2CCC[C@@H](NC(C)=O)C2)nc(Nc2ccc(C)c(C#N)c2)n1. The minimum Gasteiger partial charge on any atom is -0.354 e. The van der Waals surface area contributed by atoms with Gasteiger partial charge in [-0.2, -0.15) is 10.2 Å². The molecule has 1 saturated heterocycles. The van der Waals surface area contributed by atoms with Crippen LogP contribution in [-0.4, -0.2) is 35.0 Å². The number of carbonyl (C=O) groups is 1. The van der Waals surface area contributed by atoms with E-state index in [1.807, 2.05) is 25.1 Å². The summed E-state index contributed by atoms with van der Waals surface area (Å²) in [6, 6.07) is 10.1. The van der Waals surface area contributed by atoms with Gasteiger partial charge in [0, 0.05) is 43.5 Å². The highest BCUT2D eigenvalue weighted by molar-refractivity contribution is 5.73. The Morgan fingerprint density at radius 3 is 2.90 bits per heavy atom. The fourth-order valence-corrected chi connectivity index (χ4v) is 3.73. The number of hydrogen-bond donors (Lipinski definition) is 2. The number of aryl methyl sites for hydroxylation is 2. The summed E-state index contributed by atoms with van der Waals surface area (Å²) < 4.78 is 0. The molecule has 1 aliphatic rings. The molecule has 30 heavy (non-hydrogen) atoms. The zero-order valence-electron chi connectivity index (χ0n) is 18.0. The van der Waals surface area contributed by atoms with Crippen LogP contribution in [0, 0.1) is 18.3 Å². The standard InChI is InChI=1S/C23H30N6O/c1-4-5-7-19-13-22(29-11-6-8-21(15-29)25-17(3)30)28-23(26-19)27-20-10-9-16(2)18(12-20)14-24/h9-10,12-13,21H,4-8,11,15H2,1-3H3,(H,25,30)(H,26,27,28)/t21-/m1/s1. The summed E-state index contributed by atoms with van der Waals surface area (Å²) in [6.45, 7) is 7.30. The third-order valence-corrected chi connectivity index (χ3v) is 5.32. The van der Waals surface area contributed by atoms with E-state index in [1.165, 1.54) is 0 Å². The van der Waals surface area contributed by atoms with E-state index >= 15 is 0 Å². The minimum atomic E-state index is 0.00296. The number of aromatic nitrogens is 2. The van der Waals surface area contributed by atoms with Crippen LogP contribution >= 0.6 is 0 Å². The Labute approximate surface area is 178 Å². The Morgan fingerprint density at radius 2 is 2.17 bits per heavy atom. The largest absolute Gasteiger partial charge is 0.354 e. The number of nitriles is 1. The van der Waals surface area contributed by atoms with E-state index < -0.39 is 0 Å². The molecule has 1 aromatic heterocycles. The number of amides is 1. The second-order valence-corrected chi connectivity index (χ2v) is 7.90. The number of rotatable bonds is 7. The van der Waals surface area contributed by atoms with E-state index in [0.717, 1.165) is 68.0 Å².